The number of nitrogens with zero attached hydrogens (tertiary/aromatic N) is 1. The lowest BCUT2D eigenvalue weighted by molar-refractivity contribution is -0.00467. The Balaban J connectivity index is 2.17. The van der Waals surface area contributed by atoms with Crippen molar-refractivity contribution in [3.05, 3.63) is 28.2 Å². The predicted octanol–water partition coefficient (Wildman–Crippen LogP) is 3.17. The number of rotatable bonds is 4. The van der Waals surface area contributed by atoms with Gasteiger partial charge in [-0.15, -0.1) is 0 Å². The fraction of sp³-hybridized carbons (Fsp3) is 0.600. The van der Waals surface area contributed by atoms with Crippen LogP contribution < -0.4 is 10.2 Å². The molecule has 1 heterocycles. The van der Waals surface area contributed by atoms with Crippen LogP contribution in [0.3, 0.4) is 0 Å². The number of methoxy groups -OCH3 is 1. The Morgan fingerprint density at radius 3 is 2.89 bits per heavy atom. The van der Waals surface area contributed by atoms with Crippen LogP contribution in [-0.4, -0.2) is 32.8 Å². The topological polar surface area (TPSA) is 24.5 Å². The highest BCUT2D eigenvalue weighted by molar-refractivity contribution is 9.10. The number of hydrogen-bond acceptors (Lipinski definition) is 3. The van der Waals surface area contributed by atoms with Gasteiger partial charge in [0.15, 0.2) is 0 Å². The minimum absolute atomic E-state index is 0.0265. The summed E-state index contributed by atoms with van der Waals surface area (Å²) in [5, 5.41) is 3.18. The van der Waals surface area contributed by atoms with Crippen molar-refractivity contribution in [2.45, 2.75) is 31.9 Å². The van der Waals surface area contributed by atoms with E-state index >= 15 is 0 Å². The molecule has 1 saturated heterocycles. The van der Waals surface area contributed by atoms with E-state index in [9.17, 15) is 0 Å². The second-order valence-electron chi connectivity index (χ2n) is 5.50. The van der Waals surface area contributed by atoms with Crippen molar-refractivity contribution in [2.24, 2.45) is 0 Å². The van der Waals surface area contributed by atoms with Crippen molar-refractivity contribution in [2.75, 3.05) is 32.1 Å². The molecular formula is C15H23BrN2O. The molecule has 106 valence electrons. The van der Waals surface area contributed by atoms with Crippen molar-refractivity contribution in [1.82, 2.24) is 5.32 Å². The minimum atomic E-state index is -0.0265. The van der Waals surface area contributed by atoms with Gasteiger partial charge in [-0.25, -0.2) is 0 Å². The van der Waals surface area contributed by atoms with E-state index in [-0.39, 0.29) is 5.60 Å². The minimum Gasteiger partial charge on any atom is -0.377 e. The van der Waals surface area contributed by atoms with Crippen molar-refractivity contribution in [3.8, 4) is 0 Å². The molecule has 1 aliphatic heterocycles. The van der Waals surface area contributed by atoms with Gasteiger partial charge in [0.25, 0.3) is 0 Å². The molecule has 1 N–H and O–H groups in total. The Kier molecular flexibility index (Phi) is 4.87. The summed E-state index contributed by atoms with van der Waals surface area (Å²) in [5.74, 6) is 0. The zero-order valence-corrected chi connectivity index (χ0v) is 13.6. The van der Waals surface area contributed by atoms with Gasteiger partial charge in [-0.2, -0.15) is 0 Å². The monoisotopic (exact) mass is 326 g/mol. The first-order chi connectivity index (χ1) is 9.08. The SMILES string of the molecule is CNCc1ccc(N2CCCC(C)(OC)C2)c(Br)c1. The Hall–Kier alpha value is -0.580. The molecular weight excluding hydrogens is 304 g/mol. The number of hydrogen-bond donors (Lipinski definition) is 1. The largest absolute Gasteiger partial charge is 0.377 e. The van der Waals surface area contributed by atoms with E-state index in [1.807, 2.05) is 14.2 Å². The third-order valence-corrected chi connectivity index (χ3v) is 4.52. The van der Waals surface area contributed by atoms with Gasteiger partial charge in [0.1, 0.15) is 0 Å². The van der Waals surface area contributed by atoms with Gasteiger partial charge < -0.3 is 15.0 Å². The molecule has 0 saturated carbocycles. The molecule has 2 rings (SSSR count). The summed E-state index contributed by atoms with van der Waals surface area (Å²) in [7, 11) is 3.78. The van der Waals surface area contributed by atoms with Crippen molar-refractivity contribution >= 4 is 21.6 Å². The van der Waals surface area contributed by atoms with Gasteiger partial charge in [-0.05, 0) is 60.4 Å². The molecule has 0 radical (unpaired) electrons. The van der Waals surface area contributed by atoms with E-state index in [1.54, 1.807) is 0 Å². The second kappa shape index (κ2) is 6.25. The summed E-state index contributed by atoms with van der Waals surface area (Å²) in [4.78, 5) is 2.42. The maximum absolute atomic E-state index is 5.67. The molecule has 1 fully saturated rings. The van der Waals surface area contributed by atoms with E-state index in [4.69, 9.17) is 4.74 Å². The number of anilines is 1. The van der Waals surface area contributed by atoms with Crippen LogP contribution in [-0.2, 0) is 11.3 Å². The molecule has 1 aromatic carbocycles. The van der Waals surface area contributed by atoms with Gasteiger partial charge in [0.05, 0.1) is 11.3 Å². The van der Waals surface area contributed by atoms with Gasteiger partial charge in [-0.3, -0.25) is 0 Å². The number of ether oxygens (including phenoxy) is 1. The summed E-state index contributed by atoms with van der Waals surface area (Å²) < 4.78 is 6.83. The maximum atomic E-state index is 5.67. The highest BCUT2D eigenvalue weighted by Gasteiger charge is 2.31. The zero-order chi connectivity index (χ0) is 13.9. The van der Waals surface area contributed by atoms with Crippen molar-refractivity contribution < 1.29 is 4.74 Å². The molecule has 0 amide bonds. The molecule has 1 aliphatic rings. The highest BCUT2D eigenvalue weighted by atomic mass is 79.9. The second-order valence-corrected chi connectivity index (χ2v) is 6.35. The molecule has 19 heavy (non-hydrogen) atoms. The number of piperidine rings is 1. The Labute approximate surface area is 124 Å². The zero-order valence-electron chi connectivity index (χ0n) is 12.0. The third-order valence-electron chi connectivity index (χ3n) is 3.89. The first-order valence-corrected chi connectivity index (χ1v) is 7.60. The quantitative estimate of drug-likeness (QED) is 0.919. The summed E-state index contributed by atoms with van der Waals surface area (Å²) >= 11 is 3.70. The van der Waals surface area contributed by atoms with E-state index in [2.05, 4.69) is 51.3 Å². The van der Waals surface area contributed by atoms with Gasteiger partial charge in [0.2, 0.25) is 0 Å². The molecule has 0 spiro atoms. The lowest BCUT2D eigenvalue weighted by atomic mass is 9.94. The number of halogens is 1. The summed E-state index contributed by atoms with van der Waals surface area (Å²) in [6, 6.07) is 6.60. The number of benzene rings is 1. The normalized spacial score (nSPS) is 23.7. The maximum Gasteiger partial charge on any atom is 0.0825 e. The first-order valence-electron chi connectivity index (χ1n) is 6.81. The van der Waals surface area contributed by atoms with Crippen molar-refractivity contribution in [3.63, 3.8) is 0 Å². The average Bonchev–Trinajstić information content (AvgIpc) is 2.39. The lowest BCUT2D eigenvalue weighted by Crippen LogP contribution is -2.47. The molecule has 1 atom stereocenters. The summed E-state index contributed by atoms with van der Waals surface area (Å²) in [5.41, 5.74) is 2.54. The fourth-order valence-electron chi connectivity index (χ4n) is 2.70. The summed E-state index contributed by atoms with van der Waals surface area (Å²) in [6.45, 7) is 5.15. The molecule has 0 bridgehead atoms. The van der Waals surface area contributed by atoms with Crippen LogP contribution in [0.5, 0.6) is 0 Å². The van der Waals surface area contributed by atoms with Crippen LogP contribution in [0.1, 0.15) is 25.3 Å². The van der Waals surface area contributed by atoms with Crippen molar-refractivity contribution in [1.29, 1.82) is 0 Å². The Bertz CT molecular complexity index is 438. The van der Waals surface area contributed by atoms with E-state index < -0.39 is 0 Å². The van der Waals surface area contributed by atoms with Crippen LogP contribution in [0.4, 0.5) is 5.69 Å². The van der Waals surface area contributed by atoms with E-state index in [0.29, 0.717) is 0 Å². The molecule has 0 aliphatic carbocycles. The molecule has 1 unspecified atom stereocenters. The highest BCUT2D eigenvalue weighted by Crippen LogP contribution is 2.33. The van der Waals surface area contributed by atoms with E-state index in [1.165, 1.54) is 22.1 Å². The first kappa shape index (κ1) is 14.8. The van der Waals surface area contributed by atoms with Crippen LogP contribution in [0.15, 0.2) is 22.7 Å². The molecule has 3 nitrogen and oxygen atoms in total. The van der Waals surface area contributed by atoms with Crippen LogP contribution >= 0.6 is 15.9 Å². The van der Waals surface area contributed by atoms with Gasteiger partial charge >= 0.3 is 0 Å². The number of nitrogens with one attached hydrogen (secondary N) is 1. The Morgan fingerprint density at radius 1 is 1.47 bits per heavy atom. The van der Waals surface area contributed by atoms with Crippen LogP contribution in [0.25, 0.3) is 0 Å². The molecule has 4 heteroatoms. The Morgan fingerprint density at radius 2 is 2.26 bits per heavy atom. The van der Waals surface area contributed by atoms with Crippen LogP contribution in [0, 0.1) is 0 Å². The lowest BCUT2D eigenvalue weighted by Gasteiger charge is -2.41. The average molecular weight is 327 g/mol. The summed E-state index contributed by atoms with van der Waals surface area (Å²) in [6.07, 6.45) is 2.31. The van der Waals surface area contributed by atoms with Gasteiger partial charge in [-0.1, -0.05) is 6.07 Å². The van der Waals surface area contributed by atoms with Gasteiger partial charge in [0, 0.05) is 31.2 Å². The smallest absolute Gasteiger partial charge is 0.0825 e. The van der Waals surface area contributed by atoms with Crippen LogP contribution in [0.2, 0.25) is 0 Å². The predicted molar refractivity (Wildman–Crippen MR) is 83.8 cm³/mol. The third kappa shape index (κ3) is 3.50. The molecule has 1 aromatic rings. The standard InChI is InChI=1S/C15H23BrN2O/c1-15(19-3)7-4-8-18(11-15)14-6-5-12(10-17-2)9-13(14)16/h5-6,9,17H,4,7-8,10-11H2,1-3H3. The van der Waals surface area contributed by atoms with E-state index in [0.717, 1.165) is 26.1 Å². The molecule has 0 aromatic heterocycles. The fourth-order valence-corrected chi connectivity index (χ4v) is 3.38.